The lowest BCUT2D eigenvalue weighted by Gasteiger charge is -2.48. The van der Waals surface area contributed by atoms with Crippen LogP contribution in [0, 0.1) is 0 Å². The van der Waals surface area contributed by atoms with Crippen molar-refractivity contribution in [2.75, 3.05) is 138 Å². The van der Waals surface area contributed by atoms with Crippen LogP contribution in [0.25, 0.3) is 0 Å². The monoisotopic (exact) mass is 2090 g/mol. The lowest BCUT2D eigenvalue weighted by atomic mass is 9.95. The van der Waals surface area contributed by atoms with Crippen molar-refractivity contribution in [2.24, 2.45) is 0 Å². The number of carboxylic acids is 4. The van der Waals surface area contributed by atoms with Gasteiger partial charge in [0.25, 0.3) is 0 Å². The van der Waals surface area contributed by atoms with E-state index in [0.29, 0.717) is 32.4 Å². The van der Waals surface area contributed by atoms with Crippen molar-refractivity contribution in [1.82, 2.24) is 56.8 Å². The third kappa shape index (κ3) is 50.0. The van der Waals surface area contributed by atoms with Crippen LogP contribution in [0.4, 0.5) is 0 Å². The average Bonchev–Trinajstić information content (AvgIpc) is 0.794. The number of nitrogens with zero attached hydrogens (tertiary/aromatic N) is 4. The second-order valence-electron chi connectivity index (χ2n) is 32.3. The fourth-order valence-corrected chi connectivity index (χ4v) is 14.0. The third-order valence-corrected chi connectivity index (χ3v) is 21.4. The van der Waals surface area contributed by atoms with E-state index in [0.717, 1.165) is 6.92 Å². The van der Waals surface area contributed by atoms with Crippen LogP contribution >= 0.6 is 7.82 Å². The predicted octanol–water partition coefficient (Wildman–Crippen LogP) is -11.3. The molecular weight excluding hydrogens is 1960 g/mol. The zero-order valence-electron chi connectivity index (χ0n) is 78.8. The molecule has 11 amide bonds. The van der Waals surface area contributed by atoms with E-state index in [4.69, 9.17) is 46.9 Å². The second-order valence-corrected chi connectivity index (χ2v) is 33.8. The number of phosphoric ester groups is 1. The highest BCUT2D eigenvalue weighted by Crippen LogP contribution is 2.43. The van der Waals surface area contributed by atoms with E-state index in [-0.39, 0.29) is 19.3 Å². The number of esters is 2. The van der Waals surface area contributed by atoms with Gasteiger partial charge in [-0.05, 0) is 19.3 Å². The number of allylic oxidation sites excluding steroid dienone is 2. The Balaban J connectivity index is 1.38. The average molecular weight is 2090 g/mol. The van der Waals surface area contributed by atoms with Gasteiger partial charge in [-0.15, -0.1) is 0 Å². The van der Waals surface area contributed by atoms with Crippen LogP contribution in [0.3, 0.4) is 0 Å². The van der Waals surface area contributed by atoms with Crippen molar-refractivity contribution in [3.8, 4) is 0 Å². The molecule has 59 nitrogen and oxygen atoms in total. The summed E-state index contributed by atoms with van der Waals surface area (Å²) >= 11 is 0. The molecule has 3 saturated heterocycles. The van der Waals surface area contributed by atoms with Gasteiger partial charge >= 0.3 is 43.6 Å². The highest BCUT2D eigenvalue weighted by molar-refractivity contribution is 7.47. The molecule has 3 rings (SSSR count). The summed E-state index contributed by atoms with van der Waals surface area (Å²) in [7, 11) is -4.88. The molecular formula is C84H126N11O48P. The molecule has 144 heavy (non-hydrogen) atoms. The second kappa shape index (κ2) is 66.8. The first-order valence-electron chi connectivity index (χ1n) is 45.0. The number of aliphatic hydroxyl groups is 9. The molecule has 0 bridgehead atoms. The number of carbonyl (C=O) groups is 23. The van der Waals surface area contributed by atoms with Crippen LogP contribution in [0.1, 0.15) is 130 Å². The fourth-order valence-electron chi connectivity index (χ4n) is 13.2. The molecule has 0 saturated carbocycles. The number of amides is 11. The van der Waals surface area contributed by atoms with Gasteiger partial charge in [-0.25, -0.2) is 4.57 Å². The Kier molecular flexibility index (Phi) is 58.6. The minimum atomic E-state index is -4.88. The van der Waals surface area contributed by atoms with Crippen molar-refractivity contribution < 1.29 is 233 Å². The molecule has 0 spiro atoms. The van der Waals surface area contributed by atoms with E-state index >= 15 is 0 Å². The molecule has 0 aromatic carbocycles. The molecule has 810 valence electrons. The lowest BCUT2D eigenvalue weighted by Crippen LogP contribution is -2.68. The summed E-state index contributed by atoms with van der Waals surface area (Å²) in [5.74, 6) is -24.1. The Morgan fingerprint density at radius 1 is 0.382 bits per heavy atom. The van der Waals surface area contributed by atoms with Gasteiger partial charge in [0.05, 0.1) is 91.8 Å². The molecule has 3 fully saturated rings. The topological polar surface area (TPSA) is 882 Å². The predicted molar refractivity (Wildman–Crippen MR) is 472 cm³/mol. The summed E-state index contributed by atoms with van der Waals surface area (Å²) in [4.78, 5) is 301. The number of hydrogen-bond acceptors (Lipinski definition) is 43. The molecule has 3 aliphatic heterocycles. The SMILES string of the molecule is CC/C=C\CC(=O)OCC(COP(=O)(O)OCCNC(=O)CC(=O)NCC(=O)CCC(=O)N(CC(=O)O)CC(=O)NCC(=O)CCC(=O)N(CC(=O)O)CC(=O)CCCC(=O)CN(CC(=O)O)C(=O)CCC(=O)CNC(=O)CN(CC(=O)O)C(=O)CCC(=O)CNC(=O)CC(=O)NCCO[C@@H]1OC(CO)[C@@H](O[C@@H]2OC(CO)[C@H](O)[C@H](O[C@H]3OC(CO)[C@H](O)[C@H](O)C3O)C2O)[C@H](O)C1NC(C)=O)OC(=O)C/C=C\CC. The van der Waals surface area contributed by atoms with Gasteiger partial charge in [0.2, 0.25) is 65.0 Å². The van der Waals surface area contributed by atoms with Gasteiger partial charge < -0.3 is 166 Å². The quantitative estimate of drug-likeness (QED) is 0.00884. The van der Waals surface area contributed by atoms with Gasteiger partial charge in [0.15, 0.2) is 59.7 Å². The fraction of sp³-hybridized carbons (Fsp3) is 0.679. The molecule has 21 N–H and O–H groups in total. The Labute approximate surface area is 820 Å². The number of hydrogen-bond donors (Lipinski definition) is 21. The molecule has 0 aromatic heterocycles. The highest BCUT2D eigenvalue weighted by Gasteiger charge is 2.55. The van der Waals surface area contributed by atoms with E-state index in [1.807, 2.05) is 13.8 Å². The van der Waals surface area contributed by atoms with E-state index in [1.54, 1.807) is 18.2 Å². The van der Waals surface area contributed by atoms with Crippen molar-refractivity contribution in [3.05, 3.63) is 24.3 Å². The van der Waals surface area contributed by atoms with Crippen LogP contribution < -0.4 is 37.2 Å². The van der Waals surface area contributed by atoms with E-state index in [2.05, 4.69) is 37.2 Å². The summed E-state index contributed by atoms with van der Waals surface area (Å²) < 4.78 is 66.2. The van der Waals surface area contributed by atoms with Crippen LogP contribution in [0.2, 0.25) is 0 Å². The maximum absolute atomic E-state index is 13.1. The Bertz CT molecular complexity index is 4500. The van der Waals surface area contributed by atoms with Gasteiger partial charge in [0, 0.05) is 84.2 Å². The van der Waals surface area contributed by atoms with Crippen LogP contribution in [-0.4, -0.2) is 462 Å². The molecule has 60 heteroatoms. The Morgan fingerprint density at radius 2 is 0.757 bits per heavy atom. The van der Waals surface area contributed by atoms with Crippen molar-refractivity contribution in [3.63, 3.8) is 0 Å². The minimum absolute atomic E-state index is 0.0954. The Morgan fingerprint density at radius 3 is 1.17 bits per heavy atom. The van der Waals surface area contributed by atoms with Gasteiger partial charge in [-0.2, -0.15) is 0 Å². The number of aliphatic hydroxyl groups excluding tert-OH is 9. The number of carbonyl (C=O) groups excluding carboxylic acids is 19. The number of carboxylic acid groups (broad SMARTS) is 4. The zero-order valence-corrected chi connectivity index (χ0v) is 79.7. The van der Waals surface area contributed by atoms with Crippen LogP contribution in [-0.2, 0) is 162 Å². The van der Waals surface area contributed by atoms with Gasteiger partial charge in [0.1, 0.15) is 132 Å². The van der Waals surface area contributed by atoms with Gasteiger partial charge in [-0.1, -0.05) is 38.2 Å². The number of aliphatic carboxylic acids is 4. The normalized spacial score (nSPS) is 21.4. The van der Waals surface area contributed by atoms with Gasteiger partial charge in [-0.3, -0.25) is 119 Å². The molecule has 3 heterocycles. The largest absolute Gasteiger partial charge is 0.480 e. The number of Topliss-reactive ketones (excluding diaryl/α,β-unsaturated/α-hetero) is 6. The molecule has 0 aromatic rings. The summed E-state index contributed by atoms with van der Waals surface area (Å²) in [6.07, 6.45) is -28.0. The maximum Gasteiger partial charge on any atom is 0.472 e. The molecule has 8 unspecified atom stereocenters. The highest BCUT2D eigenvalue weighted by atomic mass is 31.2. The number of nitrogens with one attached hydrogen (secondary N) is 7. The maximum atomic E-state index is 13.1. The van der Waals surface area contributed by atoms with E-state index < -0.39 is 456 Å². The van der Waals surface area contributed by atoms with E-state index in [9.17, 15) is 186 Å². The van der Waals surface area contributed by atoms with Crippen molar-refractivity contribution >= 4 is 143 Å². The first kappa shape index (κ1) is 126. The summed E-state index contributed by atoms with van der Waals surface area (Å²) in [5, 5.41) is 148. The van der Waals surface area contributed by atoms with Crippen LogP contribution in [0.5, 0.6) is 0 Å². The summed E-state index contributed by atoms with van der Waals surface area (Å²) in [5.41, 5.74) is 0. The zero-order chi connectivity index (χ0) is 108. The van der Waals surface area contributed by atoms with Crippen LogP contribution in [0.15, 0.2) is 24.3 Å². The molecule has 3 aliphatic rings. The van der Waals surface area contributed by atoms with Crippen molar-refractivity contribution in [1.29, 1.82) is 0 Å². The number of phosphoric acid groups is 1. The smallest absolute Gasteiger partial charge is 0.472 e. The first-order valence-corrected chi connectivity index (χ1v) is 46.5. The number of rotatable bonds is 72. The third-order valence-electron chi connectivity index (χ3n) is 20.5. The molecule has 0 radical (unpaired) electrons. The summed E-state index contributed by atoms with van der Waals surface area (Å²) in [6.45, 7) is -12.5. The minimum Gasteiger partial charge on any atom is -0.480 e. The van der Waals surface area contributed by atoms with E-state index in [1.165, 1.54) is 6.08 Å². The Hall–Kier alpha value is -12.0. The van der Waals surface area contributed by atoms with Crippen molar-refractivity contribution in [2.45, 2.75) is 228 Å². The number of ketones is 6. The lowest BCUT2D eigenvalue weighted by molar-refractivity contribution is -0.375. The molecule has 0 aliphatic carbocycles. The summed E-state index contributed by atoms with van der Waals surface area (Å²) in [6, 6.07) is -1.56. The first-order chi connectivity index (χ1) is 67.9. The number of ether oxygens (including phenoxy) is 8. The molecule has 17 atom stereocenters. The standard InChI is InChI=1S/C84H126N11O48P/c1-4-6-8-13-71(124)135-44-53(138-72(125)14-9-7-5-2)45-137-144(132,133)136-26-24-86-58(107)28-60(109)88-30-48(101)18-22-66(115)95(40-70(122)123)36-62(111)90-32-50(103)16-20-64(113)93(38-68(118)119)34-52(105)12-10-11-51(104)33-92(37-67(116)117)63(112)19-15-49(102)31-89-61(110)35-94(39-69(120)121)65(114)21-17-47(100)29-87-59(108)27-57(106)85-23-25-134-82-73(91-46(3)99)76(128)80(56(43-98)141-82)142-84-79(131)81(75(127)55(42-97)140-84)143-83-78(130)77(129)74(126)54(41-96)139-83/h6-9,53-56,73-84,96-98,126-131H,4-5,10-45H2,1-3H3,(H,85,106)(H,86,107)(H,87,108)(H,88,109)(H,89,110)(H,90,111)(H,91,99)(H,116,117)(H,118,119)(H,120,121)(H,122,123)(H,132,133)/b8-6-,9-7-/t53?,54?,55?,56?,73?,74-,75-,76+,77-,78?,79?,80+,81-,82+,83+,84-/m0/s1.